The van der Waals surface area contributed by atoms with Crippen molar-refractivity contribution in [3.63, 3.8) is 0 Å². The van der Waals surface area contributed by atoms with Crippen molar-refractivity contribution in [1.29, 1.82) is 0 Å². The van der Waals surface area contributed by atoms with Crippen LogP contribution in [-0.4, -0.2) is 55.3 Å². The second kappa shape index (κ2) is 12.0. The number of hydrogen-bond acceptors (Lipinski definition) is 5. The Balaban J connectivity index is 0. The number of carbonyl (C=O) groups excluding carboxylic acids is 1. The molecule has 0 aromatic carbocycles. The van der Waals surface area contributed by atoms with Gasteiger partial charge in [-0.15, -0.1) is 0 Å². The van der Waals surface area contributed by atoms with Gasteiger partial charge in [-0.25, -0.2) is 0 Å². The smallest absolute Gasteiger partial charge is 0.317 e. The molecule has 0 aliphatic heterocycles. The van der Waals surface area contributed by atoms with E-state index in [9.17, 15) is 4.79 Å². The Labute approximate surface area is 120 Å². The summed E-state index contributed by atoms with van der Waals surface area (Å²) in [6, 6.07) is 0. The Morgan fingerprint density at radius 1 is 1.31 bits per heavy atom. The van der Waals surface area contributed by atoms with Crippen LogP contribution >= 0.6 is 12.6 Å². The first kappa shape index (κ1) is 18.9. The minimum absolute atomic E-state index is 0. The molecule has 0 amide bonds. The molecular formula is C10H20O4SSb. The molecule has 0 aliphatic rings. The van der Waals surface area contributed by atoms with Crippen LogP contribution in [0.3, 0.4) is 0 Å². The molecule has 4 nitrogen and oxygen atoms in total. The van der Waals surface area contributed by atoms with E-state index in [0.717, 1.165) is 12.8 Å². The first-order valence-corrected chi connectivity index (χ1v) is 5.80. The average molecular weight is 358 g/mol. The maximum atomic E-state index is 10.8. The van der Waals surface area contributed by atoms with Gasteiger partial charge in [0.15, 0.2) is 6.29 Å². The van der Waals surface area contributed by atoms with Gasteiger partial charge in [-0.3, -0.25) is 4.79 Å². The maximum Gasteiger partial charge on any atom is 0.317 e. The third-order valence-corrected chi connectivity index (χ3v) is 1.92. The molecule has 0 aromatic rings. The molecule has 0 saturated heterocycles. The third-order valence-electron chi connectivity index (χ3n) is 1.66. The second-order valence-corrected chi connectivity index (χ2v) is 3.46. The summed E-state index contributed by atoms with van der Waals surface area (Å²) < 4.78 is 15.5. The van der Waals surface area contributed by atoms with Gasteiger partial charge < -0.3 is 14.2 Å². The van der Waals surface area contributed by atoms with Crippen LogP contribution in [0.1, 0.15) is 33.6 Å². The number of esters is 1. The molecule has 0 bridgehead atoms. The number of rotatable bonds is 8. The summed E-state index contributed by atoms with van der Waals surface area (Å²) in [5, 5.41) is 0. The number of carbonyl (C=O) groups is 1. The molecule has 95 valence electrons. The molecule has 3 radical (unpaired) electrons. The monoisotopic (exact) mass is 357 g/mol. The van der Waals surface area contributed by atoms with Crippen molar-refractivity contribution in [2.24, 2.45) is 0 Å². The SMILES string of the molecule is CCCCOC(C)OC(C)OC(=O)CS.[Sb]. The standard InChI is InChI=1S/C10H20O4S.Sb/c1-4-5-6-12-8(2)13-9(3)14-10(11)7-15;/h8-9,15H,4-7H2,1-3H3;. The fourth-order valence-electron chi connectivity index (χ4n) is 0.953. The van der Waals surface area contributed by atoms with E-state index in [1.165, 1.54) is 0 Å². The van der Waals surface area contributed by atoms with Crippen LogP contribution in [0.2, 0.25) is 0 Å². The van der Waals surface area contributed by atoms with Gasteiger partial charge in [0, 0.05) is 31.0 Å². The van der Waals surface area contributed by atoms with Crippen LogP contribution in [0, 0.1) is 0 Å². The Bertz CT molecular complexity index is 180. The van der Waals surface area contributed by atoms with E-state index in [2.05, 4.69) is 19.6 Å². The first-order valence-electron chi connectivity index (χ1n) is 5.17. The predicted molar refractivity (Wildman–Crippen MR) is 66.6 cm³/mol. The van der Waals surface area contributed by atoms with Crippen LogP contribution in [0.5, 0.6) is 0 Å². The molecule has 0 fully saturated rings. The van der Waals surface area contributed by atoms with Gasteiger partial charge in [0.25, 0.3) is 0 Å². The molecule has 0 rings (SSSR count). The fourth-order valence-corrected chi connectivity index (χ4v) is 1.03. The van der Waals surface area contributed by atoms with E-state index in [-0.39, 0.29) is 36.5 Å². The molecule has 0 spiro atoms. The minimum atomic E-state index is -0.596. The van der Waals surface area contributed by atoms with E-state index >= 15 is 0 Å². The van der Waals surface area contributed by atoms with Gasteiger partial charge in [0.05, 0.1) is 5.75 Å². The van der Waals surface area contributed by atoms with Gasteiger partial charge in [-0.2, -0.15) is 12.6 Å². The van der Waals surface area contributed by atoms with E-state index in [4.69, 9.17) is 14.2 Å². The van der Waals surface area contributed by atoms with Crippen LogP contribution in [-0.2, 0) is 19.0 Å². The van der Waals surface area contributed by atoms with Crippen LogP contribution in [0.4, 0.5) is 0 Å². The topological polar surface area (TPSA) is 44.8 Å². The fraction of sp³-hybridized carbons (Fsp3) is 0.900. The van der Waals surface area contributed by atoms with Crippen molar-refractivity contribution in [3.8, 4) is 0 Å². The zero-order valence-electron chi connectivity index (χ0n) is 10.0. The van der Waals surface area contributed by atoms with Crippen molar-refractivity contribution in [3.05, 3.63) is 0 Å². The van der Waals surface area contributed by atoms with Gasteiger partial charge >= 0.3 is 5.97 Å². The van der Waals surface area contributed by atoms with Crippen LogP contribution in [0.15, 0.2) is 0 Å². The number of unbranched alkanes of at least 4 members (excludes halogenated alkanes) is 1. The number of thiol groups is 1. The van der Waals surface area contributed by atoms with Crippen LogP contribution in [0.25, 0.3) is 0 Å². The molecule has 2 atom stereocenters. The molecule has 16 heavy (non-hydrogen) atoms. The van der Waals surface area contributed by atoms with Crippen molar-refractivity contribution < 1.29 is 19.0 Å². The summed E-state index contributed by atoms with van der Waals surface area (Å²) in [7, 11) is 0. The van der Waals surface area contributed by atoms with E-state index < -0.39 is 12.3 Å². The second-order valence-electron chi connectivity index (χ2n) is 3.14. The van der Waals surface area contributed by atoms with E-state index in [0.29, 0.717) is 6.61 Å². The molecule has 0 saturated carbocycles. The van der Waals surface area contributed by atoms with Crippen molar-refractivity contribution in [2.75, 3.05) is 12.4 Å². The quantitative estimate of drug-likeness (QED) is 0.235. The van der Waals surface area contributed by atoms with Crippen molar-refractivity contribution >= 4 is 43.0 Å². The summed E-state index contributed by atoms with van der Waals surface area (Å²) in [6.07, 6.45) is 1.12. The molecule has 0 heterocycles. The number of ether oxygens (including phenoxy) is 3. The maximum absolute atomic E-state index is 10.8. The summed E-state index contributed by atoms with van der Waals surface area (Å²) >= 11 is 3.79. The third kappa shape index (κ3) is 11.1. The molecule has 2 unspecified atom stereocenters. The minimum Gasteiger partial charge on any atom is -0.435 e. The number of hydrogen-bond donors (Lipinski definition) is 1. The summed E-state index contributed by atoms with van der Waals surface area (Å²) in [4.78, 5) is 10.8. The largest absolute Gasteiger partial charge is 0.435 e. The van der Waals surface area contributed by atoms with E-state index in [1.54, 1.807) is 13.8 Å². The zero-order valence-corrected chi connectivity index (χ0v) is 13.5. The van der Waals surface area contributed by atoms with E-state index in [1.807, 2.05) is 0 Å². The normalized spacial score (nSPS) is 13.8. The molecular weight excluding hydrogens is 338 g/mol. The zero-order chi connectivity index (χ0) is 11.7. The van der Waals surface area contributed by atoms with Crippen molar-refractivity contribution in [1.82, 2.24) is 0 Å². The molecule has 0 aliphatic carbocycles. The Morgan fingerprint density at radius 3 is 2.44 bits per heavy atom. The predicted octanol–water partition coefficient (Wildman–Crippen LogP) is 1.60. The summed E-state index contributed by atoms with van der Waals surface area (Å²) in [5.74, 6) is -0.342. The Hall–Kier alpha value is 0.558. The average Bonchev–Trinajstić information content (AvgIpc) is 2.17. The molecule has 0 aromatic heterocycles. The molecule has 6 heteroatoms. The first-order chi connectivity index (χ1) is 7.10. The Kier molecular flexibility index (Phi) is 14.2. The van der Waals surface area contributed by atoms with Gasteiger partial charge in [-0.05, 0) is 20.3 Å². The van der Waals surface area contributed by atoms with Gasteiger partial charge in [0.1, 0.15) is 0 Å². The molecule has 0 N–H and O–H groups in total. The summed E-state index contributed by atoms with van der Waals surface area (Å²) in [5.41, 5.74) is 0. The summed E-state index contributed by atoms with van der Waals surface area (Å²) in [6.45, 7) is 6.18. The van der Waals surface area contributed by atoms with Crippen LogP contribution < -0.4 is 0 Å². The van der Waals surface area contributed by atoms with Gasteiger partial charge in [0.2, 0.25) is 6.29 Å². The Morgan fingerprint density at radius 2 is 1.94 bits per heavy atom. The van der Waals surface area contributed by atoms with Gasteiger partial charge in [-0.1, -0.05) is 13.3 Å². The van der Waals surface area contributed by atoms with Crippen molar-refractivity contribution in [2.45, 2.75) is 46.2 Å².